The van der Waals surface area contributed by atoms with Gasteiger partial charge in [0.2, 0.25) is 0 Å². The Morgan fingerprint density at radius 2 is 2.39 bits per heavy atom. The van der Waals surface area contributed by atoms with E-state index in [2.05, 4.69) is 22.4 Å². The van der Waals surface area contributed by atoms with Crippen LogP contribution in [0.3, 0.4) is 0 Å². The lowest BCUT2D eigenvalue weighted by Crippen LogP contribution is -2.49. The number of hydrogen-bond acceptors (Lipinski definition) is 3. The molecule has 1 fully saturated rings. The van der Waals surface area contributed by atoms with Gasteiger partial charge in [-0.05, 0) is 43.4 Å². The molecule has 2 heterocycles. The first-order chi connectivity index (χ1) is 8.84. The van der Waals surface area contributed by atoms with E-state index < -0.39 is 5.41 Å². The van der Waals surface area contributed by atoms with Gasteiger partial charge in [-0.15, -0.1) is 0 Å². The Balaban J connectivity index is 1.95. The second-order valence-electron chi connectivity index (χ2n) is 5.67. The van der Waals surface area contributed by atoms with Crippen molar-refractivity contribution in [3.05, 3.63) is 29.3 Å². The molecule has 4 rings (SSSR count). The third-order valence-corrected chi connectivity index (χ3v) is 4.73. The Morgan fingerprint density at radius 3 is 3.28 bits per heavy atom. The van der Waals surface area contributed by atoms with Crippen LogP contribution in [-0.2, 0) is 10.2 Å². The van der Waals surface area contributed by atoms with Crippen LogP contribution in [0.5, 0.6) is 0 Å². The standard InChI is InChI=1S/C15H16N2O/c18-9-15-7-13-10(4-2-6-16-13)11-3-1-5-12(14(11)15)17-8-15/h1,3,5,8-10,13,16H,2,4,6-7H2/t10-,13-,15?/m1/s1. The minimum Gasteiger partial charge on any atom is -0.313 e. The zero-order chi connectivity index (χ0) is 12.2. The Morgan fingerprint density at radius 1 is 1.44 bits per heavy atom. The molecule has 2 aliphatic heterocycles. The maximum atomic E-state index is 11.7. The summed E-state index contributed by atoms with van der Waals surface area (Å²) in [6.45, 7) is 1.07. The summed E-state index contributed by atoms with van der Waals surface area (Å²) in [4.78, 5) is 16.1. The highest BCUT2D eigenvalue weighted by Crippen LogP contribution is 2.50. The molecule has 0 radical (unpaired) electrons. The normalized spacial score (nSPS) is 36.0. The van der Waals surface area contributed by atoms with Crippen LogP contribution in [0.4, 0.5) is 5.69 Å². The lowest BCUT2D eigenvalue weighted by atomic mass is 9.64. The highest BCUT2D eigenvalue weighted by molar-refractivity contribution is 6.02. The van der Waals surface area contributed by atoms with E-state index in [1.165, 1.54) is 24.0 Å². The third kappa shape index (κ3) is 1.18. The van der Waals surface area contributed by atoms with E-state index in [4.69, 9.17) is 0 Å². The van der Waals surface area contributed by atoms with E-state index in [0.29, 0.717) is 12.0 Å². The lowest BCUT2D eigenvalue weighted by molar-refractivity contribution is -0.111. The maximum Gasteiger partial charge on any atom is 0.136 e. The Bertz CT molecular complexity index is 551. The molecule has 0 amide bonds. The molecular formula is C15H16N2O. The molecule has 3 atom stereocenters. The van der Waals surface area contributed by atoms with Crippen molar-refractivity contribution >= 4 is 18.2 Å². The highest BCUT2D eigenvalue weighted by atomic mass is 16.1. The SMILES string of the molecule is O=CC12C=Nc3cccc(c31)[C@H]1CCCN[C@@H]1C2. The van der Waals surface area contributed by atoms with Crippen molar-refractivity contribution in [2.24, 2.45) is 4.99 Å². The van der Waals surface area contributed by atoms with Crippen LogP contribution < -0.4 is 5.32 Å². The predicted octanol–water partition coefficient (Wildman–Crippen LogP) is 2.08. The number of aliphatic imine (C=N–C) groups is 1. The molecule has 0 bridgehead atoms. The quantitative estimate of drug-likeness (QED) is 0.764. The topological polar surface area (TPSA) is 41.5 Å². The number of nitrogens with one attached hydrogen (secondary N) is 1. The highest BCUT2D eigenvalue weighted by Gasteiger charge is 2.47. The van der Waals surface area contributed by atoms with Gasteiger partial charge in [-0.2, -0.15) is 0 Å². The molecule has 0 saturated carbocycles. The van der Waals surface area contributed by atoms with Crippen molar-refractivity contribution < 1.29 is 4.79 Å². The van der Waals surface area contributed by atoms with Gasteiger partial charge in [0.05, 0.1) is 11.1 Å². The molecule has 1 saturated heterocycles. The molecule has 1 unspecified atom stereocenters. The number of benzene rings is 1. The van der Waals surface area contributed by atoms with Gasteiger partial charge in [0.1, 0.15) is 6.29 Å². The summed E-state index contributed by atoms with van der Waals surface area (Å²) in [6.07, 6.45) is 6.27. The van der Waals surface area contributed by atoms with Crippen LogP contribution in [0.2, 0.25) is 0 Å². The van der Waals surface area contributed by atoms with Gasteiger partial charge >= 0.3 is 0 Å². The summed E-state index contributed by atoms with van der Waals surface area (Å²) in [7, 11) is 0. The summed E-state index contributed by atoms with van der Waals surface area (Å²) in [5, 5.41) is 3.59. The average Bonchev–Trinajstić information content (AvgIpc) is 2.80. The molecule has 18 heavy (non-hydrogen) atoms. The van der Waals surface area contributed by atoms with Crippen LogP contribution in [0.15, 0.2) is 23.2 Å². The molecule has 0 aromatic heterocycles. The number of hydrogen-bond donors (Lipinski definition) is 1. The Hall–Kier alpha value is -1.48. The van der Waals surface area contributed by atoms with Crippen LogP contribution in [0.25, 0.3) is 0 Å². The van der Waals surface area contributed by atoms with E-state index in [1.54, 1.807) is 0 Å². The monoisotopic (exact) mass is 240 g/mol. The molecule has 1 aromatic carbocycles. The number of nitrogens with zero attached hydrogens (tertiary/aromatic N) is 1. The minimum atomic E-state index is -0.461. The van der Waals surface area contributed by atoms with Crippen molar-refractivity contribution in [3.63, 3.8) is 0 Å². The van der Waals surface area contributed by atoms with E-state index >= 15 is 0 Å². The summed E-state index contributed by atoms with van der Waals surface area (Å²) in [5.74, 6) is 0.559. The summed E-state index contributed by atoms with van der Waals surface area (Å²) < 4.78 is 0. The van der Waals surface area contributed by atoms with E-state index in [1.807, 2.05) is 12.3 Å². The van der Waals surface area contributed by atoms with Gasteiger partial charge in [-0.1, -0.05) is 12.1 Å². The first-order valence-electron chi connectivity index (χ1n) is 6.72. The number of rotatable bonds is 1. The zero-order valence-corrected chi connectivity index (χ0v) is 10.2. The fourth-order valence-electron chi connectivity index (χ4n) is 3.93. The lowest BCUT2D eigenvalue weighted by Gasteiger charge is -2.43. The number of carbonyl (C=O) groups excluding carboxylic acids is 1. The molecule has 1 N–H and O–H groups in total. The fourth-order valence-corrected chi connectivity index (χ4v) is 3.93. The number of piperidine rings is 1. The molecule has 3 nitrogen and oxygen atoms in total. The van der Waals surface area contributed by atoms with E-state index in [0.717, 1.165) is 24.9 Å². The van der Waals surface area contributed by atoms with Gasteiger partial charge in [0.25, 0.3) is 0 Å². The molecule has 92 valence electrons. The average molecular weight is 240 g/mol. The molecule has 1 aliphatic carbocycles. The maximum absolute atomic E-state index is 11.7. The molecular weight excluding hydrogens is 224 g/mol. The number of fused-ring (bicyclic) bond motifs is 2. The fraction of sp³-hybridized carbons (Fsp3) is 0.467. The summed E-state index contributed by atoms with van der Waals surface area (Å²) in [5.41, 5.74) is 3.08. The van der Waals surface area contributed by atoms with Gasteiger partial charge in [-0.25, -0.2) is 0 Å². The first kappa shape index (κ1) is 10.4. The summed E-state index contributed by atoms with van der Waals surface area (Å²) in [6, 6.07) is 6.71. The Kier molecular flexibility index (Phi) is 2.04. The van der Waals surface area contributed by atoms with Gasteiger partial charge in [-0.3, -0.25) is 4.99 Å². The van der Waals surface area contributed by atoms with Crippen molar-refractivity contribution in [1.29, 1.82) is 0 Å². The molecule has 3 aliphatic rings. The largest absolute Gasteiger partial charge is 0.313 e. The van der Waals surface area contributed by atoms with Crippen LogP contribution in [-0.4, -0.2) is 25.1 Å². The molecule has 0 spiro atoms. The zero-order valence-electron chi connectivity index (χ0n) is 10.2. The van der Waals surface area contributed by atoms with E-state index in [9.17, 15) is 4.79 Å². The van der Waals surface area contributed by atoms with Crippen molar-refractivity contribution in [2.45, 2.75) is 36.6 Å². The van der Waals surface area contributed by atoms with Gasteiger partial charge < -0.3 is 10.1 Å². The Labute approximate surface area is 106 Å². The minimum absolute atomic E-state index is 0.427. The van der Waals surface area contributed by atoms with Crippen LogP contribution in [0, 0.1) is 0 Å². The second-order valence-corrected chi connectivity index (χ2v) is 5.67. The van der Waals surface area contributed by atoms with Crippen molar-refractivity contribution in [2.75, 3.05) is 6.54 Å². The van der Waals surface area contributed by atoms with E-state index in [-0.39, 0.29) is 0 Å². The van der Waals surface area contributed by atoms with Gasteiger partial charge in [0, 0.05) is 17.8 Å². The second kappa shape index (κ2) is 3.51. The van der Waals surface area contributed by atoms with Crippen LogP contribution in [0.1, 0.15) is 36.3 Å². The molecule has 1 aromatic rings. The number of carbonyl (C=O) groups is 1. The first-order valence-corrected chi connectivity index (χ1v) is 6.72. The number of aldehydes is 1. The van der Waals surface area contributed by atoms with Crippen LogP contribution >= 0.6 is 0 Å². The smallest absolute Gasteiger partial charge is 0.136 e. The van der Waals surface area contributed by atoms with Crippen molar-refractivity contribution in [1.82, 2.24) is 5.32 Å². The summed E-state index contributed by atoms with van der Waals surface area (Å²) >= 11 is 0. The van der Waals surface area contributed by atoms with Crippen molar-refractivity contribution in [3.8, 4) is 0 Å². The predicted molar refractivity (Wildman–Crippen MR) is 70.7 cm³/mol. The third-order valence-electron chi connectivity index (χ3n) is 4.73. The van der Waals surface area contributed by atoms with Gasteiger partial charge in [0.15, 0.2) is 0 Å². The molecule has 3 heteroatoms.